The van der Waals surface area contributed by atoms with Crippen LogP contribution in [0, 0.1) is 5.92 Å². The lowest BCUT2D eigenvalue weighted by atomic mass is 10.0. The molecule has 0 aromatic heterocycles. The number of amides is 1. The van der Waals surface area contributed by atoms with Crippen molar-refractivity contribution in [3.63, 3.8) is 0 Å². The minimum atomic E-state index is -3.49. The van der Waals surface area contributed by atoms with Crippen molar-refractivity contribution in [2.24, 2.45) is 5.92 Å². The van der Waals surface area contributed by atoms with E-state index < -0.39 is 26.2 Å². The molecule has 1 aliphatic rings. The molecule has 1 aromatic rings. The van der Waals surface area contributed by atoms with Gasteiger partial charge in [-0.2, -0.15) is 0 Å². The summed E-state index contributed by atoms with van der Waals surface area (Å²) in [6, 6.07) is 4.43. The molecule has 9 nitrogen and oxygen atoms in total. The molecule has 0 unspecified atom stereocenters. The normalized spacial score (nSPS) is 21.3. The largest absolute Gasteiger partial charge is 0.488 e. The van der Waals surface area contributed by atoms with Crippen LogP contribution >= 0.6 is 0 Å². The van der Waals surface area contributed by atoms with Crippen LogP contribution in [0.1, 0.15) is 17.3 Å². The number of carbonyl (C=O) groups is 1. The zero-order valence-electron chi connectivity index (χ0n) is 16.0. The van der Waals surface area contributed by atoms with Crippen LogP contribution in [0.5, 0.6) is 5.75 Å². The maximum atomic E-state index is 12.7. The molecule has 2 atom stereocenters. The lowest BCUT2D eigenvalue weighted by Gasteiger charge is -2.34. The number of anilines is 1. The van der Waals surface area contributed by atoms with Crippen LogP contribution in [0.25, 0.3) is 0 Å². The van der Waals surface area contributed by atoms with E-state index >= 15 is 0 Å². The van der Waals surface area contributed by atoms with E-state index in [1.54, 1.807) is 7.05 Å². The Hall–Kier alpha value is -1.85. The Morgan fingerprint density at radius 2 is 1.89 bits per heavy atom. The number of nitrogens with one attached hydrogen (secondary N) is 1. The first kappa shape index (κ1) is 21.5. The van der Waals surface area contributed by atoms with Gasteiger partial charge in [-0.25, -0.2) is 21.1 Å². The smallest absolute Gasteiger partial charge is 0.257 e. The number of sulfonamides is 2. The monoisotopic (exact) mass is 419 g/mol. The maximum Gasteiger partial charge on any atom is 0.257 e. The predicted molar refractivity (Wildman–Crippen MR) is 103 cm³/mol. The fraction of sp³-hybridized carbons (Fsp3) is 0.562. The maximum absolute atomic E-state index is 12.7. The summed E-state index contributed by atoms with van der Waals surface area (Å²) >= 11 is 0. The average molecular weight is 420 g/mol. The molecule has 2 rings (SSSR count). The van der Waals surface area contributed by atoms with Gasteiger partial charge in [0.1, 0.15) is 11.9 Å². The van der Waals surface area contributed by atoms with E-state index in [0.29, 0.717) is 6.54 Å². The summed E-state index contributed by atoms with van der Waals surface area (Å²) in [7, 11) is -3.76. The van der Waals surface area contributed by atoms with E-state index in [-0.39, 0.29) is 35.4 Å². The van der Waals surface area contributed by atoms with Crippen molar-refractivity contribution in [1.82, 2.24) is 9.21 Å². The average Bonchev–Trinajstić information content (AvgIpc) is 2.51. The number of likely N-dealkylation sites (N-methyl/N-ethyl adjacent to an activating group) is 1. The Labute approximate surface area is 160 Å². The summed E-state index contributed by atoms with van der Waals surface area (Å²) in [5, 5.41) is 0. The van der Waals surface area contributed by atoms with Gasteiger partial charge in [0, 0.05) is 32.2 Å². The molecular formula is C16H25N3O6S2. The van der Waals surface area contributed by atoms with Crippen molar-refractivity contribution >= 4 is 31.6 Å². The summed E-state index contributed by atoms with van der Waals surface area (Å²) in [6.45, 7) is 2.38. The first-order valence-corrected chi connectivity index (χ1v) is 12.0. The number of ether oxygens (including phenoxy) is 1. The van der Waals surface area contributed by atoms with Crippen molar-refractivity contribution in [3.05, 3.63) is 23.8 Å². The Morgan fingerprint density at radius 3 is 2.44 bits per heavy atom. The SMILES string of the molecule is C[C@@H]1CN(C)C(=O)c2cc(NS(C)(=O)=O)ccc2O[C@@H]1CN(C)S(C)(=O)=O. The first-order chi connectivity index (χ1) is 12.3. The fourth-order valence-electron chi connectivity index (χ4n) is 2.80. The Bertz CT molecular complexity index is 929. The highest BCUT2D eigenvalue weighted by molar-refractivity contribution is 7.92. The van der Waals surface area contributed by atoms with Gasteiger partial charge in [-0.15, -0.1) is 0 Å². The number of hydrogen-bond donors (Lipinski definition) is 1. The van der Waals surface area contributed by atoms with Crippen molar-refractivity contribution in [2.75, 3.05) is 44.4 Å². The highest BCUT2D eigenvalue weighted by Crippen LogP contribution is 2.29. The van der Waals surface area contributed by atoms with Gasteiger partial charge in [-0.1, -0.05) is 6.92 Å². The molecular weight excluding hydrogens is 394 g/mol. The van der Waals surface area contributed by atoms with Gasteiger partial charge >= 0.3 is 0 Å². The highest BCUT2D eigenvalue weighted by atomic mass is 32.2. The third-order valence-electron chi connectivity index (χ3n) is 4.34. The number of rotatable bonds is 5. The van der Waals surface area contributed by atoms with Gasteiger partial charge in [0.25, 0.3) is 5.91 Å². The quantitative estimate of drug-likeness (QED) is 0.740. The third kappa shape index (κ3) is 5.56. The van der Waals surface area contributed by atoms with Crippen LogP contribution in [0.2, 0.25) is 0 Å². The number of carbonyl (C=O) groups excluding carboxylic acids is 1. The van der Waals surface area contributed by atoms with E-state index in [9.17, 15) is 21.6 Å². The molecule has 1 aliphatic heterocycles. The lowest BCUT2D eigenvalue weighted by molar-refractivity contribution is 0.0605. The molecule has 1 aromatic carbocycles. The number of fused-ring (bicyclic) bond motifs is 1. The second-order valence-electron chi connectivity index (χ2n) is 6.95. The van der Waals surface area contributed by atoms with E-state index in [0.717, 1.165) is 12.5 Å². The fourth-order valence-corrected chi connectivity index (χ4v) is 3.77. The molecule has 1 N–H and O–H groups in total. The van der Waals surface area contributed by atoms with Crippen LogP contribution in [-0.4, -0.2) is 77.7 Å². The van der Waals surface area contributed by atoms with Gasteiger partial charge in [0.15, 0.2) is 0 Å². The first-order valence-electron chi connectivity index (χ1n) is 8.23. The Kier molecular flexibility index (Phi) is 6.07. The molecule has 0 radical (unpaired) electrons. The molecule has 0 aliphatic carbocycles. The molecule has 0 bridgehead atoms. The summed E-state index contributed by atoms with van der Waals surface area (Å²) in [5.41, 5.74) is 0.463. The van der Waals surface area contributed by atoms with E-state index in [1.165, 1.54) is 34.5 Å². The molecule has 1 heterocycles. The van der Waals surface area contributed by atoms with Crippen molar-refractivity contribution < 1.29 is 26.4 Å². The molecule has 0 saturated heterocycles. The van der Waals surface area contributed by atoms with E-state index in [1.807, 2.05) is 6.92 Å². The van der Waals surface area contributed by atoms with Crippen molar-refractivity contribution in [2.45, 2.75) is 13.0 Å². The van der Waals surface area contributed by atoms with Gasteiger partial charge in [-0.3, -0.25) is 9.52 Å². The molecule has 27 heavy (non-hydrogen) atoms. The summed E-state index contributed by atoms with van der Waals surface area (Å²) < 4.78 is 55.9. The number of nitrogens with zero attached hydrogens (tertiary/aromatic N) is 2. The second kappa shape index (κ2) is 7.64. The standard InChI is InChI=1S/C16H25N3O6S2/c1-11-9-18(2)16(20)13-8-12(17-26(4,21)22)6-7-14(13)25-15(11)10-19(3)27(5,23)24/h6-8,11,15,17H,9-10H2,1-5H3/t11-,15-/m1/s1. The molecule has 11 heteroatoms. The second-order valence-corrected chi connectivity index (χ2v) is 10.8. The number of hydrogen-bond acceptors (Lipinski definition) is 6. The lowest BCUT2D eigenvalue weighted by Crippen LogP contribution is -2.46. The molecule has 0 spiro atoms. The molecule has 1 amide bonds. The van der Waals surface area contributed by atoms with Crippen LogP contribution in [0.4, 0.5) is 5.69 Å². The zero-order chi connectivity index (χ0) is 20.6. The van der Waals surface area contributed by atoms with E-state index in [4.69, 9.17) is 4.74 Å². The summed E-state index contributed by atoms with van der Waals surface area (Å²) in [4.78, 5) is 14.2. The van der Waals surface area contributed by atoms with Crippen molar-refractivity contribution in [1.29, 1.82) is 0 Å². The minimum absolute atomic E-state index is 0.120. The van der Waals surface area contributed by atoms with Gasteiger partial charge in [0.05, 0.1) is 24.6 Å². The Balaban J connectivity index is 2.42. The van der Waals surface area contributed by atoms with Crippen LogP contribution in [0.15, 0.2) is 18.2 Å². The minimum Gasteiger partial charge on any atom is -0.488 e. The van der Waals surface area contributed by atoms with Gasteiger partial charge < -0.3 is 9.64 Å². The molecule has 0 saturated carbocycles. The Morgan fingerprint density at radius 1 is 1.26 bits per heavy atom. The van der Waals surface area contributed by atoms with Gasteiger partial charge in [-0.05, 0) is 18.2 Å². The summed E-state index contributed by atoms with van der Waals surface area (Å²) in [6.07, 6.45) is 1.66. The zero-order valence-corrected chi connectivity index (χ0v) is 17.6. The van der Waals surface area contributed by atoms with Crippen LogP contribution < -0.4 is 9.46 Å². The summed E-state index contributed by atoms with van der Waals surface area (Å²) in [5.74, 6) is -0.140. The van der Waals surface area contributed by atoms with E-state index in [2.05, 4.69) is 4.72 Å². The third-order valence-corrected chi connectivity index (χ3v) is 6.23. The predicted octanol–water partition coefficient (Wildman–Crippen LogP) is 0.419. The van der Waals surface area contributed by atoms with Crippen LogP contribution in [-0.2, 0) is 20.0 Å². The highest BCUT2D eigenvalue weighted by Gasteiger charge is 2.31. The molecule has 0 fully saturated rings. The molecule has 152 valence electrons. The van der Waals surface area contributed by atoms with Gasteiger partial charge in [0.2, 0.25) is 20.0 Å². The topological polar surface area (TPSA) is 113 Å². The van der Waals surface area contributed by atoms with Crippen molar-refractivity contribution in [3.8, 4) is 5.75 Å². The van der Waals surface area contributed by atoms with Crippen LogP contribution in [0.3, 0.4) is 0 Å². The number of benzene rings is 1.